The Morgan fingerprint density at radius 1 is 1.39 bits per heavy atom. The predicted octanol–water partition coefficient (Wildman–Crippen LogP) is 2.14. The highest BCUT2D eigenvalue weighted by molar-refractivity contribution is 5.77. The fraction of sp³-hybridized carbons (Fsp3) is 0.286. The molecule has 0 aliphatic heterocycles. The average Bonchev–Trinajstić information content (AvgIpc) is 2.73. The number of hydrogen-bond donors (Lipinski definition) is 1. The van der Waals surface area contributed by atoms with E-state index in [0.29, 0.717) is 6.42 Å². The molecule has 1 heterocycles. The van der Waals surface area contributed by atoms with Crippen molar-refractivity contribution in [1.29, 1.82) is 0 Å². The molecule has 0 aliphatic carbocycles. The normalized spacial score (nSPS) is 12.3. The van der Waals surface area contributed by atoms with Crippen LogP contribution in [0, 0.1) is 6.92 Å². The van der Waals surface area contributed by atoms with E-state index in [0.717, 1.165) is 16.8 Å². The van der Waals surface area contributed by atoms with Gasteiger partial charge in [0.15, 0.2) is 0 Å². The first-order chi connectivity index (χ1) is 8.58. The first-order valence-corrected chi connectivity index (χ1v) is 5.85. The molecule has 0 saturated heterocycles. The lowest BCUT2D eigenvalue weighted by Crippen LogP contribution is -2.16. The van der Waals surface area contributed by atoms with Gasteiger partial charge in [0.1, 0.15) is 0 Å². The van der Waals surface area contributed by atoms with E-state index < -0.39 is 11.9 Å². The molecule has 2 aromatic rings. The number of aryl methyl sites for hydroxylation is 2. The molecule has 4 heteroatoms. The van der Waals surface area contributed by atoms with Crippen LogP contribution in [0.15, 0.2) is 36.5 Å². The maximum atomic E-state index is 11.4. The molecular weight excluding hydrogens is 228 g/mol. The molecule has 1 atom stereocenters. The quantitative estimate of drug-likeness (QED) is 0.896. The van der Waals surface area contributed by atoms with E-state index in [4.69, 9.17) is 0 Å². The summed E-state index contributed by atoms with van der Waals surface area (Å²) in [7, 11) is 1.83. The number of aromatic nitrogens is 2. The van der Waals surface area contributed by atoms with E-state index in [-0.39, 0.29) is 0 Å². The maximum Gasteiger partial charge on any atom is 0.311 e. The van der Waals surface area contributed by atoms with Crippen molar-refractivity contribution in [2.24, 2.45) is 7.05 Å². The van der Waals surface area contributed by atoms with E-state index in [2.05, 4.69) is 5.10 Å². The van der Waals surface area contributed by atoms with Crippen LogP contribution in [0.5, 0.6) is 0 Å². The molecule has 1 unspecified atom stereocenters. The Labute approximate surface area is 106 Å². The summed E-state index contributed by atoms with van der Waals surface area (Å²) in [6.45, 7) is 1.93. The number of benzene rings is 1. The summed E-state index contributed by atoms with van der Waals surface area (Å²) in [5, 5.41) is 13.6. The molecular formula is C14H16N2O2. The summed E-state index contributed by atoms with van der Waals surface area (Å²) >= 11 is 0. The van der Waals surface area contributed by atoms with Crippen molar-refractivity contribution in [2.75, 3.05) is 0 Å². The number of carboxylic acid groups (broad SMARTS) is 1. The second kappa shape index (κ2) is 5.04. The van der Waals surface area contributed by atoms with E-state index >= 15 is 0 Å². The minimum Gasteiger partial charge on any atom is -0.481 e. The number of carbonyl (C=O) groups is 1. The summed E-state index contributed by atoms with van der Waals surface area (Å²) < 4.78 is 1.69. The highest BCUT2D eigenvalue weighted by Gasteiger charge is 2.22. The lowest BCUT2D eigenvalue weighted by molar-refractivity contribution is -0.138. The monoisotopic (exact) mass is 244 g/mol. The molecule has 2 rings (SSSR count). The largest absolute Gasteiger partial charge is 0.481 e. The fourth-order valence-electron chi connectivity index (χ4n) is 2.09. The van der Waals surface area contributed by atoms with E-state index in [9.17, 15) is 9.90 Å². The van der Waals surface area contributed by atoms with Gasteiger partial charge in [-0.15, -0.1) is 0 Å². The van der Waals surface area contributed by atoms with Crippen LogP contribution in [0.4, 0.5) is 0 Å². The molecule has 94 valence electrons. The molecule has 1 aromatic heterocycles. The second-order valence-corrected chi connectivity index (χ2v) is 4.43. The van der Waals surface area contributed by atoms with Crippen molar-refractivity contribution in [3.05, 3.63) is 53.3 Å². The van der Waals surface area contributed by atoms with Gasteiger partial charge in [0, 0.05) is 19.7 Å². The van der Waals surface area contributed by atoms with Gasteiger partial charge in [-0.1, -0.05) is 24.3 Å². The van der Waals surface area contributed by atoms with E-state index in [1.807, 2.05) is 50.5 Å². The third-order valence-electron chi connectivity index (χ3n) is 3.04. The van der Waals surface area contributed by atoms with Crippen molar-refractivity contribution in [2.45, 2.75) is 19.3 Å². The molecule has 0 radical (unpaired) electrons. The summed E-state index contributed by atoms with van der Waals surface area (Å²) in [6.07, 6.45) is 2.24. The molecule has 1 aromatic carbocycles. The molecule has 0 aliphatic rings. The summed E-state index contributed by atoms with van der Waals surface area (Å²) in [4.78, 5) is 11.4. The Bertz CT molecular complexity index is 560. The molecule has 0 amide bonds. The maximum absolute atomic E-state index is 11.4. The Morgan fingerprint density at radius 2 is 2.11 bits per heavy atom. The van der Waals surface area contributed by atoms with Gasteiger partial charge in [-0.2, -0.15) is 5.10 Å². The first kappa shape index (κ1) is 12.4. The molecule has 0 saturated carbocycles. The van der Waals surface area contributed by atoms with Crippen molar-refractivity contribution in [3.63, 3.8) is 0 Å². The predicted molar refractivity (Wildman–Crippen MR) is 68.5 cm³/mol. The van der Waals surface area contributed by atoms with E-state index in [1.54, 1.807) is 4.68 Å². The van der Waals surface area contributed by atoms with Gasteiger partial charge in [0.2, 0.25) is 0 Å². The van der Waals surface area contributed by atoms with Crippen LogP contribution in [-0.4, -0.2) is 20.9 Å². The Hall–Kier alpha value is -2.10. The van der Waals surface area contributed by atoms with Gasteiger partial charge in [0.25, 0.3) is 0 Å². The topological polar surface area (TPSA) is 55.1 Å². The molecule has 18 heavy (non-hydrogen) atoms. The number of aliphatic carboxylic acids is 1. The Balaban J connectivity index is 2.30. The van der Waals surface area contributed by atoms with Gasteiger partial charge in [0.05, 0.1) is 11.6 Å². The van der Waals surface area contributed by atoms with Crippen molar-refractivity contribution >= 4 is 5.97 Å². The van der Waals surface area contributed by atoms with Crippen LogP contribution in [0.3, 0.4) is 0 Å². The second-order valence-electron chi connectivity index (χ2n) is 4.43. The van der Waals surface area contributed by atoms with Gasteiger partial charge in [-0.05, 0) is 24.1 Å². The summed E-state index contributed by atoms with van der Waals surface area (Å²) in [5.41, 5.74) is 2.66. The van der Waals surface area contributed by atoms with Crippen molar-refractivity contribution in [3.8, 4) is 0 Å². The van der Waals surface area contributed by atoms with Crippen LogP contribution in [0.2, 0.25) is 0 Å². The zero-order valence-corrected chi connectivity index (χ0v) is 10.5. The van der Waals surface area contributed by atoms with Crippen molar-refractivity contribution in [1.82, 2.24) is 9.78 Å². The Morgan fingerprint density at radius 3 is 2.67 bits per heavy atom. The number of nitrogens with zero attached hydrogens (tertiary/aromatic N) is 2. The lowest BCUT2D eigenvalue weighted by atomic mass is 9.91. The number of hydrogen-bond acceptors (Lipinski definition) is 2. The van der Waals surface area contributed by atoms with E-state index in [1.165, 1.54) is 0 Å². The minimum atomic E-state index is -0.810. The zero-order chi connectivity index (χ0) is 13.1. The van der Waals surface area contributed by atoms with Gasteiger partial charge >= 0.3 is 5.97 Å². The molecule has 0 spiro atoms. The van der Waals surface area contributed by atoms with Gasteiger partial charge in [-0.25, -0.2) is 0 Å². The van der Waals surface area contributed by atoms with Gasteiger partial charge in [-0.3, -0.25) is 9.48 Å². The summed E-state index contributed by atoms with van der Waals surface area (Å²) in [6, 6.07) is 9.45. The smallest absolute Gasteiger partial charge is 0.311 e. The first-order valence-electron chi connectivity index (χ1n) is 5.85. The molecule has 1 N–H and O–H groups in total. The van der Waals surface area contributed by atoms with Crippen LogP contribution in [-0.2, 0) is 18.3 Å². The highest BCUT2D eigenvalue weighted by Crippen LogP contribution is 2.23. The third kappa shape index (κ3) is 2.59. The lowest BCUT2D eigenvalue weighted by Gasteiger charge is -2.13. The van der Waals surface area contributed by atoms with Crippen LogP contribution in [0.25, 0.3) is 0 Å². The SMILES string of the molecule is Cc1ccccc1C(Cc1ccn(C)n1)C(=O)O. The summed E-state index contributed by atoms with van der Waals surface area (Å²) in [5.74, 6) is -1.35. The van der Waals surface area contributed by atoms with Crippen LogP contribution >= 0.6 is 0 Å². The molecule has 0 fully saturated rings. The minimum absolute atomic E-state index is 0.418. The number of rotatable bonds is 4. The average molecular weight is 244 g/mol. The standard InChI is InChI=1S/C14H16N2O2/c1-10-5-3-4-6-12(10)13(14(17)18)9-11-7-8-16(2)15-11/h3-8,13H,9H2,1-2H3,(H,17,18). The van der Waals surface area contributed by atoms with Gasteiger partial charge < -0.3 is 5.11 Å². The molecule has 0 bridgehead atoms. The fourth-order valence-corrected chi connectivity index (χ4v) is 2.09. The van der Waals surface area contributed by atoms with Crippen molar-refractivity contribution < 1.29 is 9.90 Å². The zero-order valence-electron chi connectivity index (χ0n) is 10.5. The third-order valence-corrected chi connectivity index (χ3v) is 3.04. The number of carboxylic acids is 1. The Kier molecular flexibility index (Phi) is 3.46. The molecule has 4 nitrogen and oxygen atoms in total. The van der Waals surface area contributed by atoms with Crippen LogP contribution in [0.1, 0.15) is 22.7 Å². The van der Waals surface area contributed by atoms with Crippen LogP contribution < -0.4 is 0 Å². The highest BCUT2D eigenvalue weighted by atomic mass is 16.4.